The lowest BCUT2D eigenvalue weighted by atomic mass is 10.1. The molecule has 0 aliphatic carbocycles. The van der Waals surface area contributed by atoms with Crippen LogP contribution in [0.3, 0.4) is 0 Å². The zero-order valence-electron chi connectivity index (χ0n) is 14.2. The number of allylic oxidation sites excluding steroid dienone is 1. The highest BCUT2D eigenvalue weighted by atomic mass is 16.6. The first-order valence-corrected chi connectivity index (χ1v) is 7.80. The van der Waals surface area contributed by atoms with Gasteiger partial charge in [-0.25, -0.2) is 0 Å². The van der Waals surface area contributed by atoms with Gasteiger partial charge < -0.3 is 14.2 Å². The fourth-order valence-electron chi connectivity index (χ4n) is 2.31. The highest BCUT2D eigenvalue weighted by molar-refractivity contribution is 5.74. The molecule has 0 aromatic heterocycles. The summed E-state index contributed by atoms with van der Waals surface area (Å²) in [4.78, 5) is 12.1. The van der Waals surface area contributed by atoms with Crippen molar-refractivity contribution in [2.24, 2.45) is 0 Å². The van der Waals surface area contributed by atoms with Crippen LogP contribution < -0.4 is 14.2 Å². The van der Waals surface area contributed by atoms with Gasteiger partial charge in [-0.1, -0.05) is 30.4 Å². The molecule has 4 heteroatoms. The Morgan fingerprint density at radius 2 is 1.88 bits per heavy atom. The van der Waals surface area contributed by atoms with E-state index in [2.05, 4.69) is 0 Å². The molecule has 2 aromatic rings. The van der Waals surface area contributed by atoms with Crippen LogP contribution >= 0.6 is 0 Å². The van der Waals surface area contributed by atoms with E-state index in [4.69, 9.17) is 14.2 Å². The number of hydrogen-bond donors (Lipinski definition) is 0. The van der Waals surface area contributed by atoms with Gasteiger partial charge >= 0.3 is 5.97 Å². The Hall–Kier alpha value is -2.75. The third-order valence-corrected chi connectivity index (χ3v) is 3.52. The second-order valence-corrected chi connectivity index (χ2v) is 5.24. The molecule has 24 heavy (non-hydrogen) atoms. The van der Waals surface area contributed by atoms with Crippen molar-refractivity contribution in [3.8, 4) is 17.2 Å². The maximum Gasteiger partial charge on any atom is 0.311 e. The van der Waals surface area contributed by atoms with E-state index in [-0.39, 0.29) is 12.4 Å². The summed E-state index contributed by atoms with van der Waals surface area (Å²) in [5, 5.41) is 0. The topological polar surface area (TPSA) is 44.8 Å². The lowest BCUT2D eigenvalue weighted by Gasteiger charge is -2.10. The summed E-state index contributed by atoms with van der Waals surface area (Å²) in [5.74, 6) is 1.46. The van der Waals surface area contributed by atoms with Gasteiger partial charge in [0.2, 0.25) is 0 Å². The molecule has 2 rings (SSSR count). The molecule has 0 unspecified atom stereocenters. The number of carbonyl (C=O) groups is 1. The van der Waals surface area contributed by atoms with E-state index in [0.29, 0.717) is 17.9 Å². The molecule has 0 saturated carbocycles. The number of rotatable bonds is 7. The van der Waals surface area contributed by atoms with Gasteiger partial charge in [-0.15, -0.1) is 0 Å². The molecular weight excluding hydrogens is 304 g/mol. The molecule has 0 radical (unpaired) electrons. The number of aryl methyl sites for hydroxylation is 1. The largest absolute Gasteiger partial charge is 0.497 e. The predicted molar refractivity (Wildman–Crippen MR) is 94.7 cm³/mol. The van der Waals surface area contributed by atoms with Crippen molar-refractivity contribution in [2.45, 2.75) is 19.8 Å². The Labute approximate surface area is 142 Å². The average molecular weight is 326 g/mol. The zero-order valence-corrected chi connectivity index (χ0v) is 14.2. The molecule has 0 amide bonds. The van der Waals surface area contributed by atoms with Gasteiger partial charge in [-0.05, 0) is 48.7 Å². The van der Waals surface area contributed by atoms with Crippen LogP contribution in [0.1, 0.15) is 24.5 Å². The lowest BCUT2D eigenvalue weighted by Crippen LogP contribution is -2.10. The molecule has 126 valence electrons. The smallest absolute Gasteiger partial charge is 0.311 e. The summed E-state index contributed by atoms with van der Waals surface area (Å²) < 4.78 is 15.9. The minimum Gasteiger partial charge on any atom is -0.497 e. The van der Waals surface area contributed by atoms with Gasteiger partial charge in [0.1, 0.15) is 5.75 Å². The number of carbonyl (C=O) groups excluding carboxylic acids is 1. The Kier molecular flexibility index (Phi) is 6.43. The Balaban J connectivity index is 1.99. The Morgan fingerprint density at radius 1 is 1.04 bits per heavy atom. The first-order chi connectivity index (χ1) is 11.7. The van der Waals surface area contributed by atoms with Crippen LogP contribution in [0.25, 0.3) is 6.08 Å². The minimum atomic E-state index is -0.296. The molecule has 0 N–H and O–H groups in total. The summed E-state index contributed by atoms with van der Waals surface area (Å²) in [5.41, 5.74) is 2.02. The Morgan fingerprint density at radius 3 is 2.58 bits per heavy atom. The second kappa shape index (κ2) is 8.77. The first kappa shape index (κ1) is 17.6. The van der Waals surface area contributed by atoms with E-state index in [1.807, 2.05) is 55.5 Å². The maximum absolute atomic E-state index is 12.1. The summed E-state index contributed by atoms with van der Waals surface area (Å²) in [7, 11) is 3.18. The van der Waals surface area contributed by atoms with Gasteiger partial charge in [0.05, 0.1) is 14.2 Å². The zero-order chi connectivity index (χ0) is 17.4. The highest BCUT2D eigenvalue weighted by Gasteiger charge is 2.11. The van der Waals surface area contributed by atoms with E-state index in [1.165, 1.54) is 0 Å². The maximum atomic E-state index is 12.1. The highest BCUT2D eigenvalue weighted by Crippen LogP contribution is 2.29. The van der Waals surface area contributed by atoms with E-state index >= 15 is 0 Å². The minimum absolute atomic E-state index is 0.285. The molecule has 0 atom stereocenters. The van der Waals surface area contributed by atoms with Crippen LogP contribution in [0.2, 0.25) is 0 Å². The summed E-state index contributed by atoms with van der Waals surface area (Å²) in [6, 6.07) is 13.1. The summed E-state index contributed by atoms with van der Waals surface area (Å²) >= 11 is 0. The van der Waals surface area contributed by atoms with Crippen molar-refractivity contribution in [3.63, 3.8) is 0 Å². The normalized spacial score (nSPS) is 10.6. The molecular formula is C20H22O4. The summed E-state index contributed by atoms with van der Waals surface area (Å²) in [6.45, 7) is 1.94. The van der Waals surface area contributed by atoms with Crippen LogP contribution in [0.4, 0.5) is 0 Å². The third kappa shape index (κ3) is 4.88. The van der Waals surface area contributed by atoms with E-state index in [1.54, 1.807) is 20.3 Å². The van der Waals surface area contributed by atoms with E-state index in [0.717, 1.165) is 16.9 Å². The Bertz CT molecular complexity index is 719. The predicted octanol–water partition coefficient (Wildman–Crippen LogP) is 4.28. The van der Waals surface area contributed by atoms with E-state index in [9.17, 15) is 4.79 Å². The van der Waals surface area contributed by atoms with Crippen LogP contribution in [-0.4, -0.2) is 20.2 Å². The number of hydrogen-bond acceptors (Lipinski definition) is 4. The number of methoxy groups -OCH3 is 2. The third-order valence-electron chi connectivity index (χ3n) is 3.52. The molecule has 0 fully saturated rings. The van der Waals surface area contributed by atoms with E-state index < -0.39 is 0 Å². The van der Waals surface area contributed by atoms with Gasteiger partial charge in [0.25, 0.3) is 0 Å². The fourth-order valence-corrected chi connectivity index (χ4v) is 2.31. The van der Waals surface area contributed by atoms with Crippen molar-refractivity contribution >= 4 is 12.0 Å². The summed E-state index contributed by atoms with van der Waals surface area (Å²) in [6.07, 6.45) is 4.77. The number of ether oxygens (including phenoxy) is 3. The standard InChI is InChI=1S/C20H22O4/c1-4-6-15-9-11-18(19(14-15)23-3)24-20(21)12-10-16-7-5-8-17(13-16)22-2/h4-9,11,13-14H,10,12H2,1-3H3/b6-4+. The lowest BCUT2D eigenvalue weighted by molar-refractivity contribution is -0.134. The van der Waals surface area contributed by atoms with Crippen LogP contribution in [0.5, 0.6) is 17.2 Å². The molecule has 4 nitrogen and oxygen atoms in total. The monoisotopic (exact) mass is 326 g/mol. The van der Waals surface area contributed by atoms with Crippen LogP contribution in [0, 0.1) is 0 Å². The fraction of sp³-hybridized carbons (Fsp3) is 0.250. The van der Waals surface area contributed by atoms with Crippen molar-refractivity contribution in [2.75, 3.05) is 14.2 Å². The van der Waals surface area contributed by atoms with Crippen molar-refractivity contribution < 1.29 is 19.0 Å². The molecule has 0 aliphatic heterocycles. The SMILES string of the molecule is C/C=C/c1ccc(OC(=O)CCc2cccc(OC)c2)c(OC)c1. The van der Waals surface area contributed by atoms with Crippen molar-refractivity contribution in [1.29, 1.82) is 0 Å². The molecule has 0 bridgehead atoms. The molecule has 2 aromatic carbocycles. The van der Waals surface area contributed by atoms with Crippen molar-refractivity contribution in [3.05, 3.63) is 59.7 Å². The average Bonchev–Trinajstić information content (AvgIpc) is 2.61. The van der Waals surface area contributed by atoms with Gasteiger partial charge in [-0.2, -0.15) is 0 Å². The van der Waals surface area contributed by atoms with Gasteiger partial charge in [-0.3, -0.25) is 4.79 Å². The van der Waals surface area contributed by atoms with Crippen molar-refractivity contribution in [1.82, 2.24) is 0 Å². The second-order valence-electron chi connectivity index (χ2n) is 5.24. The molecule has 0 aliphatic rings. The number of benzene rings is 2. The number of esters is 1. The first-order valence-electron chi connectivity index (χ1n) is 7.80. The molecule has 0 heterocycles. The van der Waals surface area contributed by atoms with Crippen LogP contribution in [-0.2, 0) is 11.2 Å². The van der Waals surface area contributed by atoms with Gasteiger partial charge in [0.15, 0.2) is 11.5 Å². The quantitative estimate of drug-likeness (QED) is 0.563. The van der Waals surface area contributed by atoms with Gasteiger partial charge in [0, 0.05) is 6.42 Å². The van der Waals surface area contributed by atoms with Crippen LogP contribution in [0.15, 0.2) is 48.5 Å². The molecule has 0 spiro atoms. The molecule has 0 saturated heterocycles.